The van der Waals surface area contributed by atoms with E-state index >= 15 is 0 Å². The van der Waals surface area contributed by atoms with Crippen molar-refractivity contribution >= 4 is 5.69 Å². The first-order chi connectivity index (χ1) is 7.99. The third-order valence-corrected chi connectivity index (χ3v) is 3.30. The fourth-order valence-electron chi connectivity index (χ4n) is 1.89. The van der Waals surface area contributed by atoms with Crippen molar-refractivity contribution in [2.75, 3.05) is 6.54 Å². The number of nitro benzene ring substituents is 1. The van der Waals surface area contributed by atoms with Gasteiger partial charge < -0.3 is 5.73 Å². The molecule has 1 aliphatic rings. The van der Waals surface area contributed by atoms with Crippen LogP contribution in [0.5, 0.6) is 0 Å². The van der Waals surface area contributed by atoms with Crippen LogP contribution in [0.15, 0.2) is 12.1 Å². The van der Waals surface area contributed by atoms with Crippen molar-refractivity contribution in [3.63, 3.8) is 0 Å². The van der Waals surface area contributed by atoms with Crippen molar-refractivity contribution in [3.8, 4) is 0 Å². The predicted octanol–water partition coefficient (Wildman–Crippen LogP) is 2.15. The minimum Gasteiger partial charge on any atom is -0.330 e. The molecule has 2 rings (SSSR count). The van der Waals surface area contributed by atoms with E-state index in [0.29, 0.717) is 6.54 Å². The van der Waals surface area contributed by atoms with Crippen LogP contribution < -0.4 is 5.73 Å². The Balaban J connectivity index is 2.38. The van der Waals surface area contributed by atoms with Crippen LogP contribution >= 0.6 is 0 Å². The van der Waals surface area contributed by atoms with Crippen molar-refractivity contribution in [3.05, 3.63) is 39.4 Å². The highest BCUT2D eigenvalue weighted by Gasteiger charge is 2.43. The van der Waals surface area contributed by atoms with Crippen molar-refractivity contribution in [2.24, 2.45) is 11.1 Å². The highest BCUT2D eigenvalue weighted by atomic mass is 19.1. The average Bonchev–Trinajstić information content (AvgIpc) is 3.04. The van der Waals surface area contributed by atoms with Crippen molar-refractivity contribution in [2.45, 2.75) is 19.3 Å². The van der Waals surface area contributed by atoms with Gasteiger partial charge in [-0.1, -0.05) is 0 Å². The van der Waals surface area contributed by atoms with Gasteiger partial charge in [0.2, 0.25) is 5.82 Å². The molecule has 1 fully saturated rings. The minimum atomic E-state index is -1.07. The Morgan fingerprint density at radius 3 is 2.53 bits per heavy atom. The third-order valence-electron chi connectivity index (χ3n) is 3.30. The fraction of sp³-hybridized carbons (Fsp3) is 0.455. The molecule has 1 aliphatic carbocycles. The zero-order valence-electron chi connectivity index (χ0n) is 9.08. The molecule has 0 heterocycles. The van der Waals surface area contributed by atoms with Gasteiger partial charge in [-0.3, -0.25) is 10.1 Å². The van der Waals surface area contributed by atoms with E-state index in [1.54, 1.807) is 0 Å². The fourth-order valence-corrected chi connectivity index (χ4v) is 1.89. The monoisotopic (exact) mass is 242 g/mol. The predicted molar refractivity (Wildman–Crippen MR) is 57.4 cm³/mol. The van der Waals surface area contributed by atoms with Crippen LogP contribution in [0, 0.1) is 27.2 Å². The molecule has 92 valence electrons. The number of nitro groups is 1. The van der Waals surface area contributed by atoms with Crippen molar-refractivity contribution in [1.82, 2.24) is 0 Å². The molecular weight excluding hydrogens is 230 g/mol. The van der Waals surface area contributed by atoms with Gasteiger partial charge in [-0.2, -0.15) is 4.39 Å². The minimum absolute atomic E-state index is 0.128. The molecule has 0 amide bonds. The van der Waals surface area contributed by atoms with Gasteiger partial charge in [0.15, 0.2) is 0 Å². The molecule has 0 radical (unpaired) electrons. The lowest BCUT2D eigenvalue weighted by molar-refractivity contribution is -0.387. The molecule has 1 aromatic rings. The molecule has 4 nitrogen and oxygen atoms in total. The molecule has 2 N–H and O–H groups in total. The van der Waals surface area contributed by atoms with Gasteiger partial charge in [0.05, 0.1) is 4.92 Å². The lowest BCUT2D eigenvalue weighted by atomic mass is 9.95. The highest BCUT2D eigenvalue weighted by molar-refractivity contribution is 5.38. The summed E-state index contributed by atoms with van der Waals surface area (Å²) < 4.78 is 27.2. The Bertz CT molecular complexity index is 473. The first kappa shape index (κ1) is 11.9. The number of benzene rings is 1. The van der Waals surface area contributed by atoms with E-state index in [9.17, 15) is 18.9 Å². The zero-order chi connectivity index (χ0) is 12.6. The lowest BCUT2D eigenvalue weighted by Gasteiger charge is -2.13. The topological polar surface area (TPSA) is 69.2 Å². The van der Waals surface area contributed by atoms with Gasteiger partial charge in [0.25, 0.3) is 0 Å². The molecule has 6 heteroatoms. The summed E-state index contributed by atoms with van der Waals surface area (Å²) in [4.78, 5) is 9.71. The Kier molecular flexibility index (Phi) is 2.82. The van der Waals surface area contributed by atoms with E-state index in [1.807, 2.05) is 0 Å². The van der Waals surface area contributed by atoms with Gasteiger partial charge in [0.1, 0.15) is 5.82 Å². The van der Waals surface area contributed by atoms with Crippen LogP contribution in [-0.4, -0.2) is 11.5 Å². The molecule has 0 spiro atoms. The van der Waals surface area contributed by atoms with Crippen LogP contribution in [0.1, 0.15) is 18.4 Å². The number of nitrogens with two attached hydrogens (primary N) is 1. The normalized spacial score (nSPS) is 16.9. The van der Waals surface area contributed by atoms with E-state index < -0.39 is 22.2 Å². The molecular formula is C11H12F2N2O2. The van der Waals surface area contributed by atoms with Crippen molar-refractivity contribution < 1.29 is 13.7 Å². The molecule has 0 aromatic heterocycles. The van der Waals surface area contributed by atoms with Crippen LogP contribution in [-0.2, 0) is 6.42 Å². The van der Waals surface area contributed by atoms with Gasteiger partial charge >= 0.3 is 5.69 Å². The average molecular weight is 242 g/mol. The van der Waals surface area contributed by atoms with Crippen LogP contribution in [0.4, 0.5) is 14.5 Å². The molecule has 0 unspecified atom stereocenters. The number of nitrogens with zero attached hydrogens (tertiary/aromatic N) is 1. The second kappa shape index (κ2) is 4.03. The highest BCUT2D eigenvalue weighted by Crippen LogP contribution is 2.48. The SMILES string of the molecule is NCC1(Cc2c(F)ccc([N+](=O)[O-])c2F)CC1. The summed E-state index contributed by atoms with van der Waals surface area (Å²) in [6.45, 7) is 0.342. The standard InChI is InChI=1S/C11H12F2N2O2/c12-8-1-2-9(15(16)17)10(13)7(8)5-11(6-14)3-4-11/h1-2H,3-6,14H2. The summed E-state index contributed by atoms with van der Waals surface area (Å²) in [5.74, 6) is -1.82. The number of hydrogen-bond acceptors (Lipinski definition) is 3. The maximum Gasteiger partial charge on any atom is 0.305 e. The quantitative estimate of drug-likeness (QED) is 0.649. The Morgan fingerprint density at radius 2 is 2.06 bits per heavy atom. The number of halogens is 2. The van der Waals surface area contributed by atoms with Gasteiger partial charge in [-0.15, -0.1) is 0 Å². The number of hydrogen-bond donors (Lipinski definition) is 1. The Hall–Kier alpha value is -1.56. The Labute approximate surface area is 96.6 Å². The molecule has 17 heavy (non-hydrogen) atoms. The van der Waals surface area contributed by atoms with Crippen LogP contribution in [0.25, 0.3) is 0 Å². The van der Waals surface area contributed by atoms with Gasteiger partial charge in [-0.05, 0) is 37.3 Å². The molecule has 1 saturated carbocycles. The molecule has 0 aliphatic heterocycles. The molecule has 0 atom stereocenters. The van der Waals surface area contributed by atoms with E-state index in [1.165, 1.54) is 0 Å². The maximum atomic E-state index is 13.8. The summed E-state index contributed by atoms with van der Waals surface area (Å²) in [5, 5.41) is 10.6. The van der Waals surface area contributed by atoms with Gasteiger partial charge in [0, 0.05) is 11.6 Å². The smallest absolute Gasteiger partial charge is 0.305 e. The van der Waals surface area contributed by atoms with E-state index in [-0.39, 0.29) is 17.4 Å². The van der Waals surface area contributed by atoms with E-state index in [0.717, 1.165) is 25.0 Å². The van der Waals surface area contributed by atoms with Crippen LogP contribution in [0.2, 0.25) is 0 Å². The maximum absolute atomic E-state index is 13.8. The lowest BCUT2D eigenvalue weighted by Crippen LogP contribution is -2.19. The van der Waals surface area contributed by atoms with E-state index in [2.05, 4.69) is 0 Å². The zero-order valence-corrected chi connectivity index (χ0v) is 9.08. The molecule has 1 aromatic carbocycles. The first-order valence-electron chi connectivity index (χ1n) is 5.30. The second-order valence-electron chi connectivity index (χ2n) is 4.50. The number of rotatable bonds is 4. The summed E-state index contributed by atoms with van der Waals surface area (Å²) >= 11 is 0. The largest absolute Gasteiger partial charge is 0.330 e. The van der Waals surface area contributed by atoms with Crippen LogP contribution in [0.3, 0.4) is 0 Å². The second-order valence-corrected chi connectivity index (χ2v) is 4.50. The van der Waals surface area contributed by atoms with E-state index in [4.69, 9.17) is 5.73 Å². The third kappa shape index (κ3) is 2.12. The summed E-state index contributed by atoms with van der Waals surface area (Å²) in [7, 11) is 0. The van der Waals surface area contributed by atoms with Crippen molar-refractivity contribution in [1.29, 1.82) is 0 Å². The summed E-state index contributed by atoms with van der Waals surface area (Å²) in [6.07, 6.45) is 1.75. The molecule has 0 saturated heterocycles. The summed E-state index contributed by atoms with van der Waals surface area (Å²) in [5.41, 5.74) is 4.36. The Morgan fingerprint density at radius 1 is 1.41 bits per heavy atom. The first-order valence-corrected chi connectivity index (χ1v) is 5.30. The summed E-state index contributed by atoms with van der Waals surface area (Å²) in [6, 6.07) is 1.78. The molecule has 0 bridgehead atoms. The van der Waals surface area contributed by atoms with Gasteiger partial charge in [-0.25, -0.2) is 4.39 Å².